The summed E-state index contributed by atoms with van der Waals surface area (Å²) in [5.41, 5.74) is 4.50. The monoisotopic (exact) mass is 359 g/mol. The fourth-order valence-electron chi connectivity index (χ4n) is 2.83. The Balaban J connectivity index is 1.58. The zero-order valence-electron chi connectivity index (χ0n) is 14.3. The molecule has 26 heavy (non-hydrogen) atoms. The van der Waals surface area contributed by atoms with Crippen molar-refractivity contribution in [2.45, 2.75) is 23.3 Å². The lowest BCUT2D eigenvalue weighted by Crippen LogP contribution is -2.22. The zero-order valence-corrected chi connectivity index (χ0v) is 15.1. The van der Waals surface area contributed by atoms with E-state index in [1.165, 1.54) is 4.90 Å². The van der Waals surface area contributed by atoms with Crippen LogP contribution in [0.1, 0.15) is 28.4 Å². The van der Waals surface area contributed by atoms with Crippen LogP contribution in [-0.4, -0.2) is 16.6 Å². The first-order chi connectivity index (χ1) is 12.7. The Morgan fingerprint density at radius 1 is 1.08 bits per heavy atom. The molecule has 1 aliphatic heterocycles. The number of amides is 1. The molecule has 0 spiro atoms. The lowest BCUT2D eigenvalue weighted by molar-refractivity contribution is 0.0951. The van der Waals surface area contributed by atoms with Crippen LogP contribution in [0.25, 0.3) is 0 Å². The SMILES string of the molecule is CC1=Nc2cc(C(=O)NCc3cccnc3)ccc2Sc2ccccc21. The van der Waals surface area contributed by atoms with Gasteiger partial charge in [-0.05, 0) is 42.8 Å². The molecule has 1 aromatic heterocycles. The predicted octanol–water partition coefficient (Wildman–Crippen LogP) is 4.62. The third-order valence-corrected chi connectivity index (χ3v) is 5.32. The molecule has 0 atom stereocenters. The highest BCUT2D eigenvalue weighted by atomic mass is 32.2. The quantitative estimate of drug-likeness (QED) is 0.742. The summed E-state index contributed by atoms with van der Waals surface area (Å²) in [4.78, 5) is 23.5. The first-order valence-corrected chi connectivity index (χ1v) is 9.16. The highest BCUT2D eigenvalue weighted by Crippen LogP contribution is 2.40. The summed E-state index contributed by atoms with van der Waals surface area (Å²) >= 11 is 1.68. The molecule has 0 saturated carbocycles. The molecule has 0 unspecified atom stereocenters. The van der Waals surface area contributed by atoms with Gasteiger partial charge in [0.1, 0.15) is 0 Å². The highest BCUT2D eigenvalue weighted by molar-refractivity contribution is 7.99. The van der Waals surface area contributed by atoms with Gasteiger partial charge >= 0.3 is 0 Å². The molecule has 1 aliphatic rings. The van der Waals surface area contributed by atoms with Gasteiger partial charge in [-0.15, -0.1) is 0 Å². The van der Waals surface area contributed by atoms with Gasteiger partial charge in [0.2, 0.25) is 0 Å². The van der Waals surface area contributed by atoms with E-state index < -0.39 is 0 Å². The maximum absolute atomic E-state index is 12.5. The summed E-state index contributed by atoms with van der Waals surface area (Å²) in [5, 5.41) is 2.93. The van der Waals surface area contributed by atoms with E-state index in [2.05, 4.69) is 22.4 Å². The molecule has 4 rings (SSSR count). The molecule has 2 heterocycles. The summed E-state index contributed by atoms with van der Waals surface area (Å²) in [7, 11) is 0. The Morgan fingerprint density at radius 3 is 2.81 bits per heavy atom. The van der Waals surface area contributed by atoms with Crippen LogP contribution in [-0.2, 0) is 6.54 Å². The topological polar surface area (TPSA) is 54.4 Å². The fraction of sp³-hybridized carbons (Fsp3) is 0.0952. The van der Waals surface area contributed by atoms with E-state index in [4.69, 9.17) is 4.99 Å². The minimum atomic E-state index is -0.115. The van der Waals surface area contributed by atoms with E-state index in [9.17, 15) is 4.79 Å². The smallest absolute Gasteiger partial charge is 0.251 e. The van der Waals surface area contributed by atoms with Crippen LogP contribution in [0.2, 0.25) is 0 Å². The summed E-state index contributed by atoms with van der Waals surface area (Å²) in [6.45, 7) is 2.45. The van der Waals surface area contributed by atoms with Gasteiger partial charge in [-0.25, -0.2) is 0 Å². The number of benzene rings is 2. The molecule has 0 fully saturated rings. The Kier molecular flexibility index (Phi) is 4.54. The Labute approximate surface area is 156 Å². The third-order valence-electron chi connectivity index (χ3n) is 4.18. The highest BCUT2D eigenvalue weighted by Gasteiger charge is 2.16. The maximum Gasteiger partial charge on any atom is 0.251 e. The fourth-order valence-corrected chi connectivity index (χ4v) is 3.89. The molecule has 1 N–H and O–H groups in total. The van der Waals surface area contributed by atoms with Gasteiger partial charge < -0.3 is 5.32 Å². The maximum atomic E-state index is 12.5. The summed E-state index contributed by atoms with van der Waals surface area (Å²) in [5.74, 6) is -0.115. The molecule has 0 saturated heterocycles. The Bertz CT molecular complexity index is 999. The number of carbonyl (C=O) groups excluding carboxylic acids is 1. The average molecular weight is 359 g/mol. The van der Waals surface area contributed by atoms with Crippen molar-refractivity contribution in [3.8, 4) is 0 Å². The predicted molar refractivity (Wildman–Crippen MR) is 104 cm³/mol. The van der Waals surface area contributed by atoms with E-state index in [0.29, 0.717) is 12.1 Å². The second-order valence-electron chi connectivity index (χ2n) is 6.02. The third kappa shape index (κ3) is 3.39. The van der Waals surface area contributed by atoms with Crippen LogP contribution in [0.3, 0.4) is 0 Å². The summed E-state index contributed by atoms with van der Waals surface area (Å²) in [6.07, 6.45) is 3.46. The normalized spacial score (nSPS) is 12.4. The number of pyridine rings is 1. The zero-order chi connectivity index (χ0) is 17.9. The van der Waals surface area contributed by atoms with Crippen LogP contribution in [0.4, 0.5) is 5.69 Å². The van der Waals surface area contributed by atoms with Crippen molar-refractivity contribution in [3.63, 3.8) is 0 Å². The van der Waals surface area contributed by atoms with E-state index >= 15 is 0 Å². The van der Waals surface area contributed by atoms with Crippen molar-refractivity contribution in [1.82, 2.24) is 10.3 Å². The van der Waals surface area contributed by atoms with Crippen LogP contribution in [0.15, 0.2) is 81.8 Å². The van der Waals surface area contributed by atoms with Crippen molar-refractivity contribution in [1.29, 1.82) is 0 Å². The van der Waals surface area contributed by atoms with Gasteiger partial charge in [-0.1, -0.05) is 36.0 Å². The van der Waals surface area contributed by atoms with E-state index in [0.717, 1.165) is 27.4 Å². The lowest BCUT2D eigenvalue weighted by Gasteiger charge is -2.08. The molecular formula is C21H17N3OS. The van der Waals surface area contributed by atoms with Crippen LogP contribution in [0.5, 0.6) is 0 Å². The van der Waals surface area contributed by atoms with Gasteiger partial charge in [-0.2, -0.15) is 0 Å². The lowest BCUT2D eigenvalue weighted by atomic mass is 10.1. The van der Waals surface area contributed by atoms with Gasteiger partial charge in [0, 0.05) is 45.6 Å². The molecule has 0 bridgehead atoms. The largest absolute Gasteiger partial charge is 0.348 e. The van der Waals surface area contributed by atoms with Crippen LogP contribution in [0, 0.1) is 0 Å². The number of hydrogen-bond acceptors (Lipinski definition) is 4. The van der Waals surface area contributed by atoms with Crippen molar-refractivity contribution < 1.29 is 4.79 Å². The number of aromatic nitrogens is 1. The van der Waals surface area contributed by atoms with E-state index in [1.807, 2.05) is 49.4 Å². The van der Waals surface area contributed by atoms with Crippen molar-refractivity contribution >= 4 is 29.1 Å². The van der Waals surface area contributed by atoms with Crippen LogP contribution >= 0.6 is 11.8 Å². The van der Waals surface area contributed by atoms with Crippen molar-refractivity contribution in [2.24, 2.45) is 4.99 Å². The van der Waals surface area contributed by atoms with Crippen molar-refractivity contribution in [3.05, 3.63) is 83.7 Å². The van der Waals surface area contributed by atoms with E-state index in [1.54, 1.807) is 24.2 Å². The van der Waals surface area contributed by atoms with E-state index in [-0.39, 0.29) is 5.91 Å². The number of carbonyl (C=O) groups is 1. The number of rotatable bonds is 3. The second-order valence-corrected chi connectivity index (χ2v) is 7.11. The Morgan fingerprint density at radius 2 is 1.96 bits per heavy atom. The number of hydrogen-bond donors (Lipinski definition) is 1. The number of fused-ring (bicyclic) bond motifs is 2. The minimum Gasteiger partial charge on any atom is -0.348 e. The first kappa shape index (κ1) is 16.5. The molecule has 5 heteroatoms. The second kappa shape index (κ2) is 7.14. The molecule has 1 amide bonds. The van der Waals surface area contributed by atoms with Gasteiger partial charge in [0.05, 0.1) is 5.69 Å². The number of nitrogens with one attached hydrogen (secondary N) is 1. The minimum absolute atomic E-state index is 0.115. The molecular weight excluding hydrogens is 342 g/mol. The van der Waals surface area contributed by atoms with Crippen LogP contribution < -0.4 is 5.32 Å². The van der Waals surface area contributed by atoms with Crippen molar-refractivity contribution in [2.75, 3.05) is 0 Å². The molecule has 3 aromatic rings. The molecule has 2 aromatic carbocycles. The molecule has 4 nitrogen and oxygen atoms in total. The standard InChI is InChI=1S/C21H17N3OS/c1-14-17-6-2-3-7-19(17)26-20-9-8-16(11-18(20)24-14)21(25)23-13-15-5-4-10-22-12-15/h2-12H,13H2,1H3,(H,23,25). The average Bonchev–Trinajstić information content (AvgIpc) is 2.82. The number of nitrogens with zero attached hydrogens (tertiary/aromatic N) is 2. The number of aliphatic imine (C=N–C) groups is 1. The van der Waals surface area contributed by atoms with Gasteiger partial charge in [-0.3, -0.25) is 14.8 Å². The summed E-state index contributed by atoms with van der Waals surface area (Å²) < 4.78 is 0. The Hall–Kier alpha value is -2.92. The first-order valence-electron chi connectivity index (χ1n) is 8.34. The van der Waals surface area contributed by atoms with Gasteiger partial charge in [0.15, 0.2) is 0 Å². The molecule has 0 radical (unpaired) electrons. The molecule has 0 aliphatic carbocycles. The van der Waals surface area contributed by atoms with Gasteiger partial charge in [0.25, 0.3) is 5.91 Å². The summed E-state index contributed by atoms with van der Waals surface area (Å²) in [6, 6.07) is 17.7. The molecule has 128 valence electrons.